The zero-order chi connectivity index (χ0) is 9.42. The summed E-state index contributed by atoms with van der Waals surface area (Å²) < 4.78 is 1.01. The van der Waals surface area contributed by atoms with Crippen molar-refractivity contribution in [2.75, 3.05) is 0 Å². The number of aryl methyl sites for hydroxylation is 1. The highest BCUT2D eigenvalue weighted by atomic mass is 79.9. The van der Waals surface area contributed by atoms with Crippen LogP contribution >= 0.6 is 27.3 Å². The van der Waals surface area contributed by atoms with Crippen molar-refractivity contribution in [1.82, 2.24) is 9.97 Å². The van der Waals surface area contributed by atoms with Crippen LogP contribution in [0.1, 0.15) is 11.5 Å². The molecule has 0 aromatic carbocycles. The van der Waals surface area contributed by atoms with E-state index < -0.39 is 0 Å². The van der Waals surface area contributed by atoms with Gasteiger partial charge in [-0.1, -0.05) is 0 Å². The van der Waals surface area contributed by atoms with Gasteiger partial charge in [-0.15, -0.1) is 11.3 Å². The Morgan fingerprint density at radius 3 is 3.00 bits per heavy atom. The quantitative estimate of drug-likeness (QED) is 0.854. The predicted octanol–water partition coefficient (Wildman–Crippen LogP) is 2.25. The molecule has 0 unspecified atom stereocenters. The lowest BCUT2D eigenvalue weighted by Gasteiger charge is -1.98. The van der Waals surface area contributed by atoms with E-state index in [4.69, 9.17) is 5.11 Å². The van der Waals surface area contributed by atoms with Gasteiger partial charge in [0, 0.05) is 5.39 Å². The van der Waals surface area contributed by atoms with Crippen molar-refractivity contribution in [3.05, 3.63) is 21.4 Å². The standard InChI is InChI=1S/C8H7BrN2OS/c1-4-10-6(3-12)5-2-7(9)13-8(5)11-4/h2,12H,3H2,1H3. The van der Waals surface area contributed by atoms with E-state index in [1.54, 1.807) is 11.3 Å². The second-order valence-corrected chi connectivity index (χ2v) is 5.05. The summed E-state index contributed by atoms with van der Waals surface area (Å²) in [5, 5.41) is 10.0. The van der Waals surface area contributed by atoms with E-state index in [-0.39, 0.29) is 6.61 Å². The maximum absolute atomic E-state index is 9.07. The Hall–Kier alpha value is -0.520. The van der Waals surface area contributed by atoms with Gasteiger partial charge in [-0.25, -0.2) is 9.97 Å². The second-order valence-electron chi connectivity index (χ2n) is 2.64. The highest BCUT2D eigenvalue weighted by molar-refractivity contribution is 9.11. The smallest absolute Gasteiger partial charge is 0.128 e. The first-order chi connectivity index (χ1) is 6.20. The highest BCUT2D eigenvalue weighted by Crippen LogP contribution is 2.29. The average Bonchev–Trinajstić information content (AvgIpc) is 2.43. The van der Waals surface area contributed by atoms with Crippen LogP contribution in [0.5, 0.6) is 0 Å². The molecule has 0 bridgehead atoms. The molecule has 0 aliphatic heterocycles. The first kappa shape index (κ1) is 9.05. The SMILES string of the molecule is Cc1nc(CO)c2cc(Br)sc2n1. The van der Waals surface area contributed by atoms with E-state index in [9.17, 15) is 0 Å². The summed E-state index contributed by atoms with van der Waals surface area (Å²) in [7, 11) is 0. The van der Waals surface area contributed by atoms with Crippen molar-refractivity contribution in [1.29, 1.82) is 0 Å². The molecule has 3 nitrogen and oxygen atoms in total. The molecule has 0 saturated carbocycles. The van der Waals surface area contributed by atoms with E-state index in [1.807, 2.05) is 13.0 Å². The number of hydrogen-bond acceptors (Lipinski definition) is 4. The Balaban J connectivity index is 2.80. The van der Waals surface area contributed by atoms with Gasteiger partial charge in [-0.3, -0.25) is 0 Å². The summed E-state index contributed by atoms with van der Waals surface area (Å²) in [6, 6.07) is 1.94. The van der Waals surface area contributed by atoms with Gasteiger partial charge in [0.05, 0.1) is 16.1 Å². The van der Waals surface area contributed by atoms with Crippen LogP contribution in [0.15, 0.2) is 9.85 Å². The van der Waals surface area contributed by atoms with E-state index in [2.05, 4.69) is 25.9 Å². The number of aliphatic hydroxyl groups excluding tert-OH is 1. The Kier molecular flexibility index (Phi) is 2.31. The molecule has 0 atom stereocenters. The van der Waals surface area contributed by atoms with Gasteiger partial charge in [0.1, 0.15) is 10.7 Å². The maximum Gasteiger partial charge on any atom is 0.128 e. The van der Waals surface area contributed by atoms with E-state index in [1.165, 1.54) is 0 Å². The molecule has 2 aromatic heterocycles. The van der Waals surface area contributed by atoms with Gasteiger partial charge in [0.2, 0.25) is 0 Å². The van der Waals surface area contributed by atoms with Gasteiger partial charge in [-0.05, 0) is 28.9 Å². The molecule has 2 rings (SSSR count). The molecule has 0 spiro atoms. The third kappa shape index (κ3) is 1.59. The maximum atomic E-state index is 9.07. The fraction of sp³-hybridized carbons (Fsp3) is 0.250. The van der Waals surface area contributed by atoms with Gasteiger partial charge in [0.25, 0.3) is 0 Å². The topological polar surface area (TPSA) is 46.0 Å². The van der Waals surface area contributed by atoms with Crippen molar-refractivity contribution < 1.29 is 5.11 Å². The number of halogens is 1. The first-order valence-corrected chi connectivity index (χ1v) is 5.35. The molecule has 2 aromatic rings. The van der Waals surface area contributed by atoms with Gasteiger partial charge in [-0.2, -0.15) is 0 Å². The van der Waals surface area contributed by atoms with Crippen LogP contribution < -0.4 is 0 Å². The first-order valence-electron chi connectivity index (χ1n) is 3.74. The minimum absolute atomic E-state index is 0.0387. The fourth-order valence-corrected chi connectivity index (χ4v) is 2.70. The number of aromatic nitrogens is 2. The summed E-state index contributed by atoms with van der Waals surface area (Å²) >= 11 is 4.93. The second kappa shape index (κ2) is 3.32. The molecule has 2 heterocycles. The van der Waals surface area contributed by atoms with E-state index >= 15 is 0 Å². The number of fused-ring (bicyclic) bond motifs is 1. The molecule has 1 N–H and O–H groups in total. The fourth-order valence-electron chi connectivity index (χ4n) is 1.19. The summed E-state index contributed by atoms with van der Waals surface area (Å²) in [6.45, 7) is 1.79. The van der Waals surface area contributed by atoms with Crippen LogP contribution in [0, 0.1) is 6.92 Å². The largest absolute Gasteiger partial charge is 0.390 e. The average molecular weight is 259 g/mol. The zero-order valence-electron chi connectivity index (χ0n) is 6.91. The highest BCUT2D eigenvalue weighted by Gasteiger charge is 2.07. The van der Waals surface area contributed by atoms with Crippen molar-refractivity contribution >= 4 is 37.5 Å². The number of thiophene rings is 1. The van der Waals surface area contributed by atoms with Crippen LogP contribution in [0.3, 0.4) is 0 Å². The molecule has 0 saturated heterocycles. The van der Waals surface area contributed by atoms with Crippen molar-refractivity contribution in [2.45, 2.75) is 13.5 Å². The molecule has 0 radical (unpaired) electrons. The lowest BCUT2D eigenvalue weighted by atomic mass is 10.3. The molecule has 5 heteroatoms. The normalized spacial score (nSPS) is 11.0. The molecule has 0 fully saturated rings. The summed E-state index contributed by atoms with van der Waals surface area (Å²) in [5.41, 5.74) is 0.699. The Labute approximate surface area is 87.6 Å². The number of aliphatic hydroxyl groups is 1. The van der Waals surface area contributed by atoms with Gasteiger partial charge in [0.15, 0.2) is 0 Å². The lowest BCUT2D eigenvalue weighted by Crippen LogP contribution is -1.94. The van der Waals surface area contributed by atoms with Crippen LogP contribution in [-0.2, 0) is 6.61 Å². The predicted molar refractivity (Wildman–Crippen MR) is 55.8 cm³/mol. The molecular weight excluding hydrogens is 252 g/mol. The van der Waals surface area contributed by atoms with Crippen molar-refractivity contribution in [2.24, 2.45) is 0 Å². The lowest BCUT2D eigenvalue weighted by molar-refractivity contribution is 0.278. The van der Waals surface area contributed by atoms with Crippen molar-refractivity contribution in [3.8, 4) is 0 Å². The molecule has 68 valence electrons. The van der Waals surface area contributed by atoms with Crippen LogP contribution in [0.2, 0.25) is 0 Å². The Morgan fingerprint density at radius 1 is 1.54 bits per heavy atom. The van der Waals surface area contributed by atoms with E-state index in [0.29, 0.717) is 11.5 Å². The minimum atomic E-state index is -0.0387. The van der Waals surface area contributed by atoms with Crippen LogP contribution in [0.4, 0.5) is 0 Å². The molecule has 0 aliphatic carbocycles. The third-order valence-corrected chi connectivity index (χ3v) is 3.24. The third-order valence-electron chi connectivity index (χ3n) is 1.70. The number of nitrogens with zero attached hydrogens (tertiary/aromatic N) is 2. The zero-order valence-corrected chi connectivity index (χ0v) is 9.31. The van der Waals surface area contributed by atoms with Crippen molar-refractivity contribution in [3.63, 3.8) is 0 Å². The minimum Gasteiger partial charge on any atom is -0.390 e. The molecule has 0 amide bonds. The van der Waals surface area contributed by atoms with E-state index in [0.717, 1.165) is 14.0 Å². The monoisotopic (exact) mass is 258 g/mol. The molecule has 0 aliphatic rings. The summed E-state index contributed by atoms with van der Waals surface area (Å²) in [4.78, 5) is 9.35. The number of rotatable bonds is 1. The molecule has 13 heavy (non-hydrogen) atoms. The Bertz CT molecular complexity index is 455. The summed E-state index contributed by atoms with van der Waals surface area (Å²) in [6.07, 6.45) is 0. The summed E-state index contributed by atoms with van der Waals surface area (Å²) in [5.74, 6) is 0.700. The van der Waals surface area contributed by atoms with Crippen LogP contribution in [0.25, 0.3) is 10.2 Å². The van der Waals surface area contributed by atoms with Crippen LogP contribution in [-0.4, -0.2) is 15.1 Å². The molecular formula is C8H7BrN2OS. The van der Waals surface area contributed by atoms with Gasteiger partial charge >= 0.3 is 0 Å². The number of hydrogen-bond donors (Lipinski definition) is 1. The van der Waals surface area contributed by atoms with Gasteiger partial charge < -0.3 is 5.11 Å². The Morgan fingerprint density at radius 2 is 2.31 bits per heavy atom.